The molecule has 0 saturated carbocycles. The van der Waals surface area contributed by atoms with Crippen LogP contribution in [0.2, 0.25) is 5.02 Å². The van der Waals surface area contributed by atoms with Gasteiger partial charge < -0.3 is 9.84 Å². The van der Waals surface area contributed by atoms with Crippen LogP contribution in [0, 0.1) is 17.8 Å². The summed E-state index contributed by atoms with van der Waals surface area (Å²) in [7, 11) is 2.63. The zero-order valence-corrected chi connectivity index (χ0v) is 24.4. The van der Waals surface area contributed by atoms with Crippen LogP contribution in [0.3, 0.4) is 0 Å². The van der Waals surface area contributed by atoms with E-state index in [2.05, 4.69) is 4.98 Å². The van der Waals surface area contributed by atoms with Crippen LogP contribution >= 0.6 is 11.6 Å². The van der Waals surface area contributed by atoms with E-state index in [-0.39, 0.29) is 57.4 Å². The van der Waals surface area contributed by atoms with Crippen molar-refractivity contribution in [2.45, 2.75) is 31.9 Å². The molecular formula is C31H25ClF3N3O6. The minimum absolute atomic E-state index is 0.0256. The maximum absolute atomic E-state index is 14.1. The van der Waals surface area contributed by atoms with Crippen molar-refractivity contribution in [1.82, 2.24) is 9.99 Å². The Balaban J connectivity index is 1.46. The van der Waals surface area contributed by atoms with Crippen LogP contribution < -0.4 is 9.75 Å². The molecule has 13 heteroatoms. The quantitative estimate of drug-likeness (QED) is 0.288. The summed E-state index contributed by atoms with van der Waals surface area (Å²) in [4.78, 5) is 58.3. The van der Waals surface area contributed by atoms with Crippen molar-refractivity contribution in [3.8, 4) is 11.5 Å². The van der Waals surface area contributed by atoms with Gasteiger partial charge in [-0.15, -0.1) is 0 Å². The minimum Gasteiger partial charge on any atom is -0.507 e. The summed E-state index contributed by atoms with van der Waals surface area (Å²) in [5, 5.41) is 12.5. The zero-order chi connectivity index (χ0) is 31.8. The number of rotatable bonds is 4. The first kappa shape index (κ1) is 29.6. The standard InChI is InChI=1S/C31H25ClF3N3O6/c1-13-11-20(40)17-12-16-14(24(25(17)27(13)41)26-19(39)5-4-6-21(26)44-3)7-8-15-23(16)30(43)38(29(15)42)37(2)28-18(32)9-10-22(36-28)31(33,34)35/h4-7,9-11,15-16,23-24,39H,8,12H2,1-3H3. The molecule has 0 radical (unpaired) electrons. The number of halogens is 4. The largest absolute Gasteiger partial charge is 0.507 e. The number of aromatic hydroxyl groups is 1. The first-order valence-electron chi connectivity index (χ1n) is 13.7. The molecule has 4 unspecified atom stereocenters. The number of imide groups is 1. The van der Waals surface area contributed by atoms with Gasteiger partial charge in [0.25, 0.3) is 11.8 Å². The van der Waals surface area contributed by atoms with Gasteiger partial charge in [0.05, 0.1) is 24.0 Å². The molecule has 4 aliphatic rings. The second-order valence-electron chi connectivity index (χ2n) is 11.1. The Hall–Kier alpha value is -4.45. The van der Waals surface area contributed by atoms with E-state index in [1.165, 1.54) is 33.2 Å². The third-order valence-electron chi connectivity index (χ3n) is 8.82. The summed E-state index contributed by atoms with van der Waals surface area (Å²) < 4.78 is 45.8. The van der Waals surface area contributed by atoms with Gasteiger partial charge in [0.1, 0.15) is 17.2 Å². The Morgan fingerprint density at radius 3 is 2.50 bits per heavy atom. The molecule has 2 heterocycles. The van der Waals surface area contributed by atoms with Crippen LogP contribution in [0.15, 0.2) is 64.8 Å². The van der Waals surface area contributed by atoms with Crippen LogP contribution in [-0.2, 0) is 25.4 Å². The Labute approximate surface area is 254 Å². The lowest BCUT2D eigenvalue weighted by Crippen LogP contribution is -2.46. The van der Waals surface area contributed by atoms with Crippen LogP contribution in [0.1, 0.15) is 36.9 Å². The number of benzene rings is 1. The maximum atomic E-state index is 14.1. The second kappa shape index (κ2) is 10.3. The lowest BCUT2D eigenvalue weighted by Gasteiger charge is -2.42. The highest BCUT2D eigenvalue weighted by molar-refractivity contribution is 6.33. The number of pyridine rings is 1. The highest BCUT2D eigenvalue weighted by atomic mass is 35.5. The fourth-order valence-corrected chi connectivity index (χ4v) is 7.11. The third-order valence-corrected chi connectivity index (χ3v) is 9.11. The highest BCUT2D eigenvalue weighted by Crippen LogP contribution is 2.57. The van der Waals surface area contributed by atoms with E-state index >= 15 is 0 Å². The van der Waals surface area contributed by atoms with Crippen molar-refractivity contribution >= 4 is 40.8 Å². The highest BCUT2D eigenvalue weighted by Gasteiger charge is 2.58. The number of hydrogen-bond acceptors (Lipinski definition) is 8. The lowest BCUT2D eigenvalue weighted by molar-refractivity contribution is -0.141. The molecule has 1 N–H and O–H groups in total. The Morgan fingerprint density at radius 1 is 1.09 bits per heavy atom. The van der Waals surface area contributed by atoms with Crippen molar-refractivity contribution in [1.29, 1.82) is 0 Å². The van der Waals surface area contributed by atoms with Crippen molar-refractivity contribution in [3.63, 3.8) is 0 Å². The molecule has 1 aliphatic heterocycles. The first-order chi connectivity index (χ1) is 20.8. The third kappa shape index (κ3) is 4.34. The number of phenols is 1. The number of carbonyl (C=O) groups is 4. The number of aromatic nitrogens is 1. The number of Topliss-reactive ketones (excluding diaryl/α,β-unsaturated/α-hetero) is 1. The second-order valence-corrected chi connectivity index (χ2v) is 11.5. The van der Waals surface area contributed by atoms with E-state index in [9.17, 15) is 37.5 Å². The average molecular weight is 628 g/mol. The van der Waals surface area contributed by atoms with Gasteiger partial charge in [-0.25, -0.2) is 4.98 Å². The molecule has 0 bridgehead atoms. The topological polar surface area (TPSA) is 117 Å². The van der Waals surface area contributed by atoms with Gasteiger partial charge in [-0.05, 0) is 56.0 Å². The molecule has 1 aromatic carbocycles. The number of hydrazine groups is 1. The summed E-state index contributed by atoms with van der Waals surface area (Å²) in [5.41, 5.74) is 0.153. The van der Waals surface area contributed by atoms with Gasteiger partial charge in [0.15, 0.2) is 17.4 Å². The van der Waals surface area contributed by atoms with Gasteiger partial charge in [-0.2, -0.15) is 18.2 Å². The van der Waals surface area contributed by atoms with Crippen LogP contribution in [0.4, 0.5) is 19.0 Å². The van der Waals surface area contributed by atoms with Gasteiger partial charge in [-0.1, -0.05) is 29.3 Å². The number of fused-ring (bicyclic) bond motifs is 3. The summed E-state index contributed by atoms with van der Waals surface area (Å²) in [6, 6.07) is 6.29. The normalized spacial score (nSPS) is 24.9. The predicted octanol–water partition coefficient (Wildman–Crippen LogP) is 4.95. The average Bonchev–Trinajstić information content (AvgIpc) is 3.23. The van der Waals surface area contributed by atoms with Crippen LogP contribution in [0.5, 0.6) is 11.5 Å². The van der Waals surface area contributed by atoms with Gasteiger partial charge in [0.2, 0.25) is 0 Å². The number of methoxy groups -OCH3 is 1. The SMILES string of the molecule is COc1cccc(O)c1C1C2=CCC3C(=O)N(N(C)c4nc(C(F)(F)F)ccc4Cl)C(=O)C3C2CC2=C1C(=O)C(C)=CC2=O. The number of allylic oxidation sites excluding steroid dienone is 6. The minimum atomic E-state index is -4.80. The van der Waals surface area contributed by atoms with Gasteiger partial charge in [-0.3, -0.25) is 24.2 Å². The van der Waals surface area contributed by atoms with Gasteiger partial charge in [0, 0.05) is 35.2 Å². The van der Waals surface area contributed by atoms with E-state index in [1.807, 2.05) is 0 Å². The number of phenolic OH excluding ortho intramolecular Hbond substituents is 1. The molecule has 228 valence electrons. The van der Waals surface area contributed by atoms with Crippen molar-refractivity contribution in [2.24, 2.45) is 17.8 Å². The monoisotopic (exact) mass is 627 g/mol. The number of hydrogen-bond donors (Lipinski definition) is 1. The number of ketones is 2. The van der Waals surface area contributed by atoms with Gasteiger partial charge >= 0.3 is 6.18 Å². The molecule has 1 fully saturated rings. The van der Waals surface area contributed by atoms with E-state index in [4.69, 9.17) is 16.3 Å². The lowest BCUT2D eigenvalue weighted by atomic mass is 9.59. The summed E-state index contributed by atoms with van der Waals surface area (Å²) >= 11 is 6.18. The number of anilines is 1. The van der Waals surface area contributed by atoms with E-state index in [1.54, 1.807) is 18.2 Å². The number of amides is 2. The predicted molar refractivity (Wildman–Crippen MR) is 150 cm³/mol. The molecule has 3 aliphatic carbocycles. The summed E-state index contributed by atoms with van der Waals surface area (Å²) in [6.07, 6.45) is -1.77. The fourth-order valence-electron chi connectivity index (χ4n) is 6.88. The smallest absolute Gasteiger partial charge is 0.433 e. The van der Waals surface area contributed by atoms with Crippen molar-refractivity contribution in [3.05, 3.63) is 81.1 Å². The number of alkyl halides is 3. The molecule has 4 atom stereocenters. The molecule has 1 aromatic heterocycles. The Morgan fingerprint density at radius 2 is 1.82 bits per heavy atom. The Kier molecular flexibility index (Phi) is 6.95. The van der Waals surface area contributed by atoms with Crippen molar-refractivity contribution in [2.75, 3.05) is 19.2 Å². The van der Waals surface area contributed by atoms with E-state index < -0.39 is 59.0 Å². The van der Waals surface area contributed by atoms with Crippen LogP contribution in [0.25, 0.3) is 0 Å². The number of ether oxygens (including phenoxy) is 1. The van der Waals surface area contributed by atoms with E-state index in [0.29, 0.717) is 11.6 Å². The molecule has 1 saturated heterocycles. The van der Waals surface area contributed by atoms with E-state index in [0.717, 1.165) is 16.1 Å². The summed E-state index contributed by atoms with van der Waals surface area (Å²) in [6.45, 7) is 1.53. The zero-order valence-electron chi connectivity index (χ0n) is 23.6. The number of carbonyl (C=O) groups excluding carboxylic acids is 4. The number of nitrogens with zero attached hydrogens (tertiary/aromatic N) is 3. The summed E-state index contributed by atoms with van der Waals surface area (Å²) in [5.74, 6) is -6.12. The molecule has 2 amide bonds. The maximum Gasteiger partial charge on any atom is 0.433 e. The molecular weight excluding hydrogens is 603 g/mol. The Bertz CT molecular complexity index is 1760. The molecule has 0 spiro atoms. The molecule has 6 rings (SSSR count). The molecule has 9 nitrogen and oxygen atoms in total. The van der Waals surface area contributed by atoms with Crippen LogP contribution in [-0.4, -0.2) is 52.6 Å². The van der Waals surface area contributed by atoms with Crippen molar-refractivity contribution < 1.29 is 42.2 Å². The molecule has 2 aromatic rings. The fraction of sp³-hybridized carbons (Fsp3) is 0.323. The molecule has 44 heavy (non-hydrogen) atoms. The first-order valence-corrected chi connectivity index (χ1v) is 14.0.